The highest BCUT2D eigenvalue weighted by atomic mass is 16.4. The molecule has 0 aliphatic heterocycles. The van der Waals surface area contributed by atoms with E-state index in [0.717, 1.165) is 23.7 Å². The molecule has 0 aliphatic rings. The predicted octanol–water partition coefficient (Wildman–Crippen LogP) is 2.81. The molecule has 4 nitrogen and oxygen atoms in total. The number of hydrogen-bond acceptors (Lipinski definition) is 2. The molecular formula is C15H20N2O2. The number of benzene rings is 1. The Bertz CT molecular complexity index is 599. The molecule has 0 aliphatic carbocycles. The van der Waals surface area contributed by atoms with Gasteiger partial charge in [-0.15, -0.1) is 0 Å². The molecule has 0 saturated carbocycles. The third-order valence-electron chi connectivity index (χ3n) is 3.37. The van der Waals surface area contributed by atoms with E-state index in [1.165, 1.54) is 5.56 Å². The van der Waals surface area contributed by atoms with E-state index in [1.54, 1.807) is 12.1 Å². The third kappa shape index (κ3) is 2.63. The van der Waals surface area contributed by atoms with Crippen molar-refractivity contribution in [3.63, 3.8) is 0 Å². The van der Waals surface area contributed by atoms with Crippen LogP contribution in [0.15, 0.2) is 24.4 Å². The first kappa shape index (κ1) is 13.6. The summed E-state index contributed by atoms with van der Waals surface area (Å²) in [4.78, 5) is 11.1. The van der Waals surface area contributed by atoms with Gasteiger partial charge in [0.15, 0.2) is 0 Å². The molecule has 4 heteroatoms. The van der Waals surface area contributed by atoms with Crippen LogP contribution in [0.4, 0.5) is 0 Å². The van der Waals surface area contributed by atoms with Crippen molar-refractivity contribution in [1.29, 1.82) is 0 Å². The molecule has 2 aromatic rings. The monoisotopic (exact) mass is 260 g/mol. The van der Waals surface area contributed by atoms with Crippen molar-refractivity contribution in [2.24, 2.45) is 5.73 Å². The van der Waals surface area contributed by atoms with Crippen molar-refractivity contribution in [1.82, 2.24) is 4.57 Å². The molecule has 0 amide bonds. The van der Waals surface area contributed by atoms with Gasteiger partial charge in [-0.2, -0.15) is 0 Å². The summed E-state index contributed by atoms with van der Waals surface area (Å²) >= 11 is 0. The Morgan fingerprint density at radius 2 is 2.16 bits per heavy atom. The van der Waals surface area contributed by atoms with E-state index in [4.69, 9.17) is 10.8 Å². The molecule has 0 radical (unpaired) electrons. The summed E-state index contributed by atoms with van der Waals surface area (Å²) in [6, 6.07) is 5.67. The minimum Gasteiger partial charge on any atom is -0.478 e. The van der Waals surface area contributed by atoms with Gasteiger partial charge < -0.3 is 15.4 Å². The number of aryl methyl sites for hydroxylation is 1. The lowest BCUT2D eigenvalue weighted by atomic mass is 10.1. The topological polar surface area (TPSA) is 68.2 Å². The summed E-state index contributed by atoms with van der Waals surface area (Å²) < 4.78 is 2.19. The summed E-state index contributed by atoms with van der Waals surface area (Å²) in [5.41, 5.74) is 8.17. The molecule has 0 saturated heterocycles. The second-order valence-electron chi connectivity index (χ2n) is 5.08. The Labute approximate surface area is 112 Å². The molecule has 0 fully saturated rings. The van der Waals surface area contributed by atoms with E-state index in [-0.39, 0.29) is 0 Å². The smallest absolute Gasteiger partial charge is 0.335 e. The molecule has 0 bridgehead atoms. The Hall–Kier alpha value is -1.81. The van der Waals surface area contributed by atoms with Crippen molar-refractivity contribution in [2.75, 3.05) is 6.54 Å². The van der Waals surface area contributed by atoms with Crippen molar-refractivity contribution >= 4 is 16.9 Å². The Morgan fingerprint density at radius 3 is 2.74 bits per heavy atom. The SMILES string of the molecule is CC(C)n1cc(CCCN)c2cc(C(=O)O)ccc21. The maximum absolute atomic E-state index is 11.1. The molecule has 2 rings (SSSR count). The van der Waals surface area contributed by atoms with Crippen molar-refractivity contribution in [3.8, 4) is 0 Å². The van der Waals surface area contributed by atoms with Gasteiger partial charge in [-0.05, 0) is 57.0 Å². The van der Waals surface area contributed by atoms with Gasteiger partial charge in [0, 0.05) is 23.1 Å². The highest BCUT2D eigenvalue weighted by Gasteiger charge is 2.12. The number of hydrogen-bond donors (Lipinski definition) is 2. The fourth-order valence-corrected chi connectivity index (χ4v) is 2.38. The molecule has 3 N–H and O–H groups in total. The first-order valence-electron chi connectivity index (χ1n) is 6.61. The van der Waals surface area contributed by atoms with E-state index in [2.05, 4.69) is 24.6 Å². The van der Waals surface area contributed by atoms with Gasteiger partial charge >= 0.3 is 5.97 Å². The summed E-state index contributed by atoms with van der Waals surface area (Å²) in [7, 11) is 0. The zero-order chi connectivity index (χ0) is 14.0. The van der Waals surface area contributed by atoms with Crippen LogP contribution < -0.4 is 5.73 Å². The fourth-order valence-electron chi connectivity index (χ4n) is 2.38. The van der Waals surface area contributed by atoms with Crippen LogP contribution in [-0.2, 0) is 6.42 Å². The second-order valence-corrected chi connectivity index (χ2v) is 5.08. The van der Waals surface area contributed by atoms with Crippen LogP contribution in [0, 0.1) is 0 Å². The standard InChI is InChI=1S/C15H20N2O2/c1-10(2)17-9-12(4-3-7-16)13-8-11(15(18)19)5-6-14(13)17/h5-6,8-10H,3-4,7,16H2,1-2H3,(H,18,19). The molecule has 1 heterocycles. The molecule has 1 aromatic heterocycles. The first-order chi connectivity index (χ1) is 9.04. The molecule has 0 spiro atoms. The van der Waals surface area contributed by atoms with Gasteiger partial charge in [0.1, 0.15) is 0 Å². The van der Waals surface area contributed by atoms with Crippen LogP contribution in [0.3, 0.4) is 0 Å². The largest absolute Gasteiger partial charge is 0.478 e. The lowest BCUT2D eigenvalue weighted by molar-refractivity contribution is 0.0697. The lowest BCUT2D eigenvalue weighted by Gasteiger charge is -2.08. The summed E-state index contributed by atoms with van der Waals surface area (Å²) in [6.45, 7) is 4.89. The highest BCUT2D eigenvalue weighted by molar-refractivity contribution is 5.95. The quantitative estimate of drug-likeness (QED) is 0.868. The van der Waals surface area contributed by atoms with Crippen LogP contribution in [-0.4, -0.2) is 22.2 Å². The molecule has 1 aromatic carbocycles. The number of nitrogens with zero attached hydrogens (tertiary/aromatic N) is 1. The normalized spacial score (nSPS) is 11.4. The van der Waals surface area contributed by atoms with Crippen molar-refractivity contribution in [2.45, 2.75) is 32.7 Å². The number of aromatic carboxylic acids is 1. The van der Waals surface area contributed by atoms with Gasteiger partial charge in [-0.1, -0.05) is 0 Å². The zero-order valence-corrected chi connectivity index (χ0v) is 11.4. The Morgan fingerprint density at radius 1 is 1.42 bits per heavy atom. The van der Waals surface area contributed by atoms with Gasteiger partial charge in [-0.3, -0.25) is 0 Å². The minimum absolute atomic E-state index is 0.336. The molecule has 0 unspecified atom stereocenters. The summed E-state index contributed by atoms with van der Waals surface area (Å²) in [6.07, 6.45) is 3.92. The van der Waals surface area contributed by atoms with Crippen LogP contribution in [0.5, 0.6) is 0 Å². The molecule has 102 valence electrons. The van der Waals surface area contributed by atoms with Crippen LogP contribution in [0.1, 0.15) is 42.2 Å². The van der Waals surface area contributed by atoms with Gasteiger partial charge in [0.05, 0.1) is 5.56 Å². The van der Waals surface area contributed by atoms with E-state index in [1.807, 2.05) is 6.07 Å². The Kier molecular flexibility index (Phi) is 3.90. The summed E-state index contributed by atoms with van der Waals surface area (Å²) in [5.74, 6) is -0.885. The van der Waals surface area contributed by atoms with Gasteiger partial charge in [-0.25, -0.2) is 4.79 Å². The number of carboxylic acid groups (broad SMARTS) is 1. The fraction of sp³-hybridized carbons (Fsp3) is 0.400. The van der Waals surface area contributed by atoms with Gasteiger partial charge in [0.2, 0.25) is 0 Å². The Balaban J connectivity index is 2.58. The van der Waals surface area contributed by atoms with E-state index < -0.39 is 5.97 Å². The number of carbonyl (C=O) groups is 1. The minimum atomic E-state index is -0.885. The maximum Gasteiger partial charge on any atom is 0.335 e. The molecular weight excluding hydrogens is 240 g/mol. The number of carboxylic acids is 1. The maximum atomic E-state index is 11.1. The van der Waals surface area contributed by atoms with E-state index in [0.29, 0.717) is 18.2 Å². The first-order valence-corrected chi connectivity index (χ1v) is 6.61. The third-order valence-corrected chi connectivity index (χ3v) is 3.37. The average molecular weight is 260 g/mol. The van der Waals surface area contributed by atoms with Crippen LogP contribution in [0.25, 0.3) is 10.9 Å². The summed E-state index contributed by atoms with van der Waals surface area (Å²) in [5, 5.41) is 10.1. The van der Waals surface area contributed by atoms with Crippen LogP contribution >= 0.6 is 0 Å². The zero-order valence-electron chi connectivity index (χ0n) is 11.4. The van der Waals surface area contributed by atoms with Crippen LogP contribution in [0.2, 0.25) is 0 Å². The lowest BCUT2D eigenvalue weighted by Crippen LogP contribution is -2.00. The number of nitrogens with two attached hydrogens (primary N) is 1. The van der Waals surface area contributed by atoms with E-state index >= 15 is 0 Å². The average Bonchev–Trinajstić information content (AvgIpc) is 2.74. The number of rotatable bonds is 5. The highest BCUT2D eigenvalue weighted by Crippen LogP contribution is 2.26. The van der Waals surface area contributed by atoms with Crippen molar-refractivity contribution < 1.29 is 9.90 Å². The van der Waals surface area contributed by atoms with E-state index in [9.17, 15) is 4.79 Å². The number of fused-ring (bicyclic) bond motifs is 1. The van der Waals surface area contributed by atoms with Gasteiger partial charge in [0.25, 0.3) is 0 Å². The number of aromatic nitrogens is 1. The predicted molar refractivity (Wildman–Crippen MR) is 76.7 cm³/mol. The molecule has 0 atom stereocenters. The second kappa shape index (κ2) is 5.45. The van der Waals surface area contributed by atoms with Crippen molar-refractivity contribution in [3.05, 3.63) is 35.5 Å². The molecule has 19 heavy (non-hydrogen) atoms.